The fourth-order valence-electron chi connectivity index (χ4n) is 2.96. The Labute approximate surface area is 147 Å². The van der Waals surface area contributed by atoms with Crippen molar-refractivity contribution < 1.29 is 9.53 Å². The van der Waals surface area contributed by atoms with Crippen molar-refractivity contribution in [3.63, 3.8) is 0 Å². The van der Waals surface area contributed by atoms with E-state index in [0.29, 0.717) is 24.7 Å². The second kappa shape index (κ2) is 7.24. The van der Waals surface area contributed by atoms with Crippen LogP contribution in [0.2, 0.25) is 5.02 Å². The Balaban J connectivity index is 1.73. The molecule has 1 fully saturated rings. The molecular weight excluding hydrogens is 324 g/mol. The molecule has 2 aromatic carbocycles. The number of carbonyl (C=O) groups excluding carboxylic acids is 1. The van der Waals surface area contributed by atoms with Crippen LogP contribution in [0.3, 0.4) is 0 Å². The van der Waals surface area contributed by atoms with Crippen molar-refractivity contribution in [2.45, 2.75) is 20.0 Å². The molecule has 0 spiro atoms. The van der Waals surface area contributed by atoms with Crippen LogP contribution in [0.5, 0.6) is 0 Å². The van der Waals surface area contributed by atoms with Gasteiger partial charge in [-0.15, -0.1) is 0 Å². The van der Waals surface area contributed by atoms with Gasteiger partial charge in [-0.1, -0.05) is 48.0 Å². The number of nitrogens with zero attached hydrogens (tertiary/aromatic N) is 1. The van der Waals surface area contributed by atoms with Gasteiger partial charge in [-0.2, -0.15) is 0 Å². The summed E-state index contributed by atoms with van der Waals surface area (Å²) in [4.78, 5) is 14.4. The van der Waals surface area contributed by atoms with Crippen LogP contribution < -0.4 is 5.32 Å². The quantitative estimate of drug-likeness (QED) is 0.867. The van der Waals surface area contributed by atoms with E-state index in [0.717, 1.165) is 22.4 Å². The van der Waals surface area contributed by atoms with Crippen molar-refractivity contribution in [1.29, 1.82) is 0 Å². The minimum atomic E-state index is -0.198. The van der Waals surface area contributed by atoms with Crippen LogP contribution in [0.25, 0.3) is 0 Å². The van der Waals surface area contributed by atoms with Gasteiger partial charge >= 0.3 is 6.03 Å². The summed E-state index contributed by atoms with van der Waals surface area (Å²) in [6, 6.07) is 13.5. The van der Waals surface area contributed by atoms with Gasteiger partial charge in [0.15, 0.2) is 0 Å². The lowest BCUT2D eigenvalue weighted by molar-refractivity contribution is -0.0134. The Kier molecular flexibility index (Phi) is 5.07. The predicted molar refractivity (Wildman–Crippen MR) is 96.7 cm³/mol. The molecule has 0 bridgehead atoms. The summed E-state index contributed by atoms with van der Waals surface area (Å²) in [5.74, 6) is 0. The van der Waals surface area contributed by atoms with E-state index in [1.807, 2.05) is 56.3 Å². The first-order valence-electron chi connectivity index (χ1n) is 8.04. The van der Waals surface area contributed by atoms with Crippen molar-refractivity contribution >= 4 is 23.3 Å². The largest absolute Gasteiger partial charge is 0.370 e. The van der Waals surface area contributed by atoms with Gasteiger partial charge in [-0.05, 0) is 31.0 Å². The fraction of sp³-hybridized carbons (Fsp3) is 0.316. The fourth-order valence-corrected chi connectivity index (χ4v) is 3.21. The molecule has 5 heteroatoms. The highest BCUT2D eigenvalue weighted by Gasteiger charge is 2.27. The Morgan fingerprint density at radius 3 is 2.58 bits per heavy atom. The van der Waals surface area contributed by atoms with E-state index in [9.17, 15) is 4.79 Å². The van der Waals surface area contributed by atoms with Gasteiger partial charge < -0.3 is 15.0 Å². The number of carbonyl (C=O) groups is 1. The Bertz CT molecular complexity index is 728. The molecule has 1 heterocycles. The van der Waals surface area contributed by atoms with Gasteiger partial charge in [0, 0.05) is 22.8 Å². The van der Waals surface area contributed by atoms with E-state index in [2.05, 4.69) is 5.32 Å². The molecule has 0 aliphatic carbocycles. The molecule has 4 nitrogen and oxygen atoms in total. The highest BCUT2D eigenvalue weighted by Crippen LogP contribution is 2.29. The number of ether oxygens (including phenoxy) is 1. The monoisotopic (exact) mass is 344 g/mol. The maximum atomic E-state index is 12.7. The van der Waals surface area contributed by atoms with Gasteiger partial charge in [0.2, 0.25) is 0 Å². The Hall–Kier alpha value is -2.04. The molecular formula is C19H21ClN2O2. The number of anilines is 1. The second-order valence-electron chi connectivity index (χ2n) is 6.02. The Morgan fingerprint density at radius 1 is 1.17 bits per heavy atom. The lowest BCUT2D eigenvalue weighted by Crippen LogP contribution is -2.44. The van der Waals surface area contributed by atoms with Crippen LogP contribution in [-0.2, 0) is 4.74 Å². The van der Waals surface area contributed by atoms with Gasteiger partial charge in [0.1, 0.15) is 6.10 Å². The maximum Gasteiger partial charge on any atom is 0.322 e. The van der Waals surface area contributed by atoms with Gasteiger partial charge in [0.25, 0.3) is 0 Å². The third-order valence-corrected chi connectivity index (χ3v) is 4.66. The first-order chi connectivity index (χ1) is 11.6. The molecule has 0 saturated carbocycles. The molecule has 1 aliphatic heterocycles. The molecule has 1 aliphatic rings. The topological polar surface area (TPSA) is 41.6 Å². The third-order valence-electron chi connectivity index (χ3n) is 4.32. The second-order valence-corrected chi connectivity index (χ2v) is 6.43. The van der Waals surface area contributed by atoms with E-state index in [1.54, 1.807) is 4.90 Å². The lowest BCUT2D eigenvalue weighted by Gasteiger charge is -2.33. The Morgan fingerprint density at radius 2 is 1.88 bits per heavy atom. The number of rotatable bonds is 2. The van der Waals surface area contributed by atoms with Crippen molar-refractivity contribution in [2.24, 2.45) is 0 Å². The van der Waals surface area contributed by atoms with Crippen LogP contribution in [0.4, 0.5) is 10.5 Å². The number of nitrogens with one attached hydrogen (secondary N) is 1. The first-order valence-corrected chi connectivity index (χ1v) is 8.42. The van der Waals surface area contributed by atoms with Gasteiger partial charge in [-0.3, -0.25) is 0 Å². The van der Waals surface area contributed by atoms with Crippen molar-refractivity contribution in [2.75, 3.05) is 25.0 Å². The smallest absolute Gasteiger partial charge is 0.322 e. The number of hydrogen-bond acceptors (Lipinski definition) is 2. The summed E-state index contributed by atoms with van der Waals surface area (Å²) in [5, 5.41) is 3.70. The molecule has 24 heavy (non-hydrogen) atoms. The zero-order chi connectivity index (χ0) is 17.1. The summed E-state index contributed by atoms with van der Waals surface area (Å²) < 4.78 is 5.82. The number of benzene rings is 2. The zero-order valence-corrected chi connectivity index (χ0v) is 14.6. The first kappa shape index (κ1) is 16.8. The number of amides is 2. The highest BCUT2D eigenvalue weighted by atomic mass is 35.5. The average Bonchev–Trinajstić information content (AvgIpc) is 2.59. The number of morpholine rings is 1. The van der Waals surface area contributed by atoms with E-state index in [4.69, 9.17) is 16.3 Å². The molecule has 2 aromatic rings. The molecule has 2 amide bonds. The van der Waals surface area contributed by atoms with Crippen LogP contribution in [0, 0.1) is 13.8 Å². The van der Waals surface area contributed by atoms with Crippen LogP contribution >= 0.6 is 11.6 Å². The van der Waals surface area contributed by atoms with E-state index in [1.165, 1.54) is 0 Å². The van der Waals surface area contributed by atoms with Crippen LogP contribution in [0.15, 0.2) is 42.5 Å². The molecule has 0 unspecified atom stereocenters. The molecule has 1 atom stereocenters. The molecule has 1 saturated heterocycles. The minimum absolute atomic E-state index is 0.104. The summed E-state index contributed by atoms with van der Waals surface area (Å²) in [6.07, 6.45) is -0.198. The number of halogens is 1. The molecule has 1 N–H and O–H groups in total. The SMILES string of the molecule is Cc1cccc(C)c1NC(=O)N1CCO[C@H](c2ccccc2Cl)C1. The molecule has 0 radical (unpaired) electrons. The minimum Gasteiger partial charge on any atom is -0.370 e. The summed E-state index contributed by atoms with van der Waals surface area (Å²) in [5.41, 5.74) is 3.91. The number of para-hydroxylation sites is 1. The molecule has 126 valence electrons. The average molecular weight is 345 g/mol. The molecule has 0 aromatic heterocycles. The van der Waals surface area contributed by atoms with Crippen molar-refractivity contribution in [1.82, 2.24) is 4.90 Å². The number of hydrogen-bond donors (Lipinski definition) is 1. The van der Waals surface area contributed by atoms with Gasteiger partial charge in [-0.25, -0.2) is 4.79 Å². The summed E-state index contributed by atoms with van der Waals surface area (Å²) >= 11 is 6.26. The van der Waals surface area contributed by atoms with E-state index < -0.39 is 0 Å². The predicted octanol–water partition coefficient (Wildman–Crippen LogP) is 4.56. The number of urea groups is 1. The van der Waals surface area contributed by atoms with Crippen molar-refractivity contribution in [3.8, 4) is 0 Å². The lowest BCUT2D eigenvalue weighted by atomic mass is 10.1. The molecule has 3 rings (SSSR count). The summed E-state index contributed by atoms with van der Waals surface area (Å²) in [6.45, 7) is 5.54. The highest BCUT2D eigenvalue weighted by molar-refractivity contribution is 6.31. The number of aryl methyl sites for hydroxylation is 2. The van der Waals surface area contributed by atoms with Gasteiger partial charge in [0.05, 0.1) is 13.2 Å². The summed E-state index contributed by atoms with van der Waals surface area (Å²) in [7, 11) is 0. The van der Waals surface area contributed by atoms with E-state index >= 15 is 0 Å². The van der Waals surface area contributed by atoms with Crippen molar-refractivity contribution in [3.05, 3.63) is 64.2 Å². The standard InChI is InChI=1S/C19H21ClN2O2/c1-13-6-5-7-14(2)18(13)21-19(23)22-10-11-24-17(12-22)15-8-3-4-9-16(15)20/h3-9,17H,10-12H2,1-2H3,(H,21,23)/t17-/m0/s1. The van der Waals surface area contributed by atoms with Crippen LogP contribution in [0.1, 0.15) is 22.8 Å². The maximum absolute atomic E-state index is 12.7. The zero-order valence-electron chi connectivity index (χ0n) is 13.9. The van der Waals surface area contributed by atoms with E-state index in [-0.39, 0.29) is 12.1 Å². The normalized spacial score (nSPS) is 17.6. The third kappa shape index (κ3) is 3.55. The van der Waals surface area contributed by atoms with Crippen LogP contribution in [-0.4, -0.2) is 30.6 Å².